The monoisotopic (exact) mass is 300 g/mol. The van der Waals surface area contributed by atoms with Crippen molar-refractivity contribution in [2.45, 2.75) is 39.3 Å². The second-order valence-corrected chi connectivity index (χ2v) is 6.29. The summed E-state index contributed by atoms with van der Waals surface area (Å²) in [5.41, 5.74) is 2.21. The van der Waals surface area contributed by atoms with Gasteiger partial charge >= 0.3 is 0 Å². The summed E-state index contributed by atoms with van der Waals surface area (Å²) in [6.07, 6.45) is 6.35. The molecule has 1 aliphatic heterocycles. The van der Waals surface area contributed by atoms with Gasteiger partial charge in [-0.3, -0.25) is 4.68 Å². The van der Waals surface area contributed by atoms with Crippen LogP contribution < -0.4 is 9.80 Å². The van der Waals surface area contributed by atoms with Crippen LogP contribution in [0.1, 0.15) is 24.1 Å². The van der Waals surface area contributed by atoms with Gasteiger partial charge in [-0.2, -0.15) is 10.1 Å². The zero-order chi connectivity index (χ0) is 15.7. The molecule has 0 bridgehead atoms. The number of nitrogens with zero attached hydrogens (tertiary/aromatic N) is 6. The Morgan fingerprint density at radius 1 is 1.27 bits per heavy atom. The van der Waals surface area contributed by atoms with E-state index in [0.29, 0.717) is 6.04 Å². The van der Waals surface area contributed by atoms with E-state index in [2.05, 4.69) is 28.1 Å². The number of hydrogen-bond donors (Lipinski definition) is 0. The molecule has 0 saturated carbocycles. The Labute approximate surface area is 131 Å². The molecule has 22 heavy (non-hydrogen) atoms. The van der Waals surface area contributed by atoms with Crippen LogP contribution in [0, 0.1) is 13.8 Å². The fraction of sp³-hybridized carbons (Fsp3) is 0.562. The normalized spacial score (nSPS) is 18.0. The van der Waals surface area contributed by atoms with Crippen molar-refractivity contribution in [2.75, 3.05) is 30.4 Å². The van der Waals surface area contributed by atoms with E-state index in [1.54, 1.807) is 0 Å². The summed E-state index contributed by atoms with van der Waals surface area (Å²) in [7, 11) is 4.03. The highest BCUT2D eigenvalue weighted by Gasteiger charge is 2.27. The van der Waals surface area contributed by atoms with E-state index < -0.39 is 0 Å². The second kappa shape index (κ2) is 5.94. The van der Waals surface area contributed by atoms with Gasteiger partial charge in [-0.1, -0.05) is 0 Å². The fourth-order valence-corrected chi connectivity index (χ4v) is 2.97. The Morgan fingerprint density at radius 2 is 2.09 bits per heavy atom. The Morgan fingerprint density at radius 3 is 2.77 bits per heavy atom. The molecule has 3 heterocycles. The lowest BCUT2D eigenvalue weighted by Gasteiger charge is -2.26. The molecule has 0 aromatic carbocycles. The van der Waals surface area contributed by atoms with Crippen LogP contribution in [-0.4, -0.2) is 46.4 Å². The van der Waals surface area contributed by atoms with Crippen molar-refractivity contribution in [3.8, 4) is 0 Å². The number of anilines is 2. The van der Waals surface area contributed by atoms with Gasteiger partial charge in [0, 0.05) is 38.6 Å². The molecular formula is C16H24N6. The lowest BCUT2D eigenvalue weighted by molar-refractivity contribution is 0.504. The molecular weight excluding hydrogens is 276 g/mol. The van der Waals surface area contributed by atoms with E-state index in [1.165, 1.54) is 12.0 Å². The quantitative estimate of drug-likeness (QED) is 0.864. The van der Waals surface area contributed by atoms with Crippen molar-refractivity contribution in [2.24, 2.45) is 0 Å². The molecule has 0 N–H and O–H groups in total. The van der Waals surface area contributed by atoms with Gasteiger partial charge in [-0.05, 0) is 32.3 Å². The van der Waals surface area contributed by atoms with Gasteiger partial charge in [0.2, 0.25) is 5.95 Å². The fourth-order valence-electron chi connectivity index (χ4n) is 2.97. The van der Waals surface area contributed by atoms with Crippen LogP contribution >= 0.6 is 0 Å². The summed E-state index contributed by atoms with van der Waals surface area (Å²) in [5, 5.41) is 4.41. The van der Waals surface area contributed by atoms with E-state index in [1.807, 2.05) is 42.9 Å². The summed E-state index contributed by atoms with van der Waals surface area (Å²) in [6, 6.07) is 2.43. The first-order valence-electron chi connectivity index (χ1n) is 7.81. The number of rotatable bonds is 4. The lowest BCUT2D eigenvalue weighted by Crippen LogP contribution is -2.34. The summed E-state index contributed by atoms with van der Waals surface area (Å²) in [4.78, 5) is 13.7. The number of aryl methyl sites for hydroxylation is 2. The topological polar surface area (TPSA) is 50.1 Å². The molecule has 1 atom stereocenters. The molecule has 0 radical (unpaired) electrons. The summed E-state index contributed by atoms with van der Waals surface area (Å²) < 4.78 is 2.03. The Bertz CT molecular complexity index is 648. The highest BCUT2D eigenvalue weighted by Crippen LogP contribution is 2.25. The van der Waals surface area contributed by atoms with Crippen LogP contribution in [0.2, 0.25) is 0 Å². The van der Waals surface area contributed by atoms with Crippen LogP contribution in [0.5, 0.6) is 0 Å². The average Bonchev–Trinajstić information content (AvgIpc) is 3.08. The van der Waals surface area contributed by atoms with E-state index in [9.17, 15) is 0 Å². The maximum absolute atomic E-state index is 4.72. The van der Waals surface area contributed by atoms with E-state index in [-0.39, 0.29) is 0 Å². The summed E-state index contributed by atoms with van der Waals surface area (Å²) in [6.45, 7) is 6.01. The van der Waals surface area contributed by atoms with Crippen LogP contribution in [0.25, 0.3) is 0 Å². The van der Waals surface area contributed by atoms with Gasteiger partial charge in [0.25, 0.3) is 0 Å². The van der Waals surface area contributed by atoms with Gasteiger partial charge in [0.05, 0.1) is 18.8 Å². The molecule has 2 aromatic heterocycles. The van der Waals surface area contributed by atoms with E-state index >= 15 is 0 Å². The van der Waals surface area contributed by atoms with Crippen molar-refractivity contribution in [1.29, 1.82) is 0 Å². The van der Waals surface area contributed by atoms with Crippen molar-refractivity contribution < 1.29 is 0 Å². The van der Waals surface area contributed by atoms with Crippen LogP contribution in [0.3, 0.4) is 0 Å². The highest BCUT2D eigenvalue weighted by atomic mass is 15.3. The Hall–Kier alpha value is -2.11. The SMILES string of the molecule is Cc1cnn(CC2CCCN2c2nc(C)cc(N(C)C)n2)c1. The smallest absolute Gasteiger partial charge is 0.227 e. The maximum Gasteiger partial charge on any atom is 0.227 e. The maximum atomic E-state index is 4.72. The van der Waals surface area contributed by atoms with Crippen molar-refractivity contribution >= 4 is 11.8 Å². The minimum absolute atomic E-state index is 0.413. The molecule has 6 heteroatoms. The van der Waals surface area contributed by atoms with Crippen LogP contribution in [-0.2, 0) is 6.54 Å². The van der Waals surface area contributed by atoms with Crippen LogP contribution in [0.15, 0.2) is 18.5 Å². The second-order valence-electron chi connectivity index (χ2n) is 6.29. The minimum Gasteiger partial charge on any atom is -0.363 e. The van der Waals surface area contributed by atoms with Gasteiger partial charge in [0.15, 0.2) is 0 Å². The van der Waals surface area contributed by atoms with Crippen molar-refractivity contribution in [3.63, 3.8) is 0 Å². The molecule has 6 nitrogen and oxygen atoms in total. The zero-order valence-corrected chi connectivity index (χ0v) is 13.8. The first-order chi connectivity index (χ1) is 10.5. The third-order valence-corrected chi connectivity index (χ3v) is 4.08. The van der Waals surface area contributed by atoms with Gasteiger partial charge in [-0.25, -0.2) is 4.98 Å². The van der Waals surface area contributed by atoms with Crippen molar-refractivity contribution in [1.82, 2.24) is 19.7 Å². The first-order valence-corrected chi connectivity index (χ1v) is 7.81. The summed E-state index contributed by atoms with van der Waals surface area (Å²) in [5.74, 6) is 1.80. The van der Waals surface area contributed by atoms with Crippen LogP contribution in [0.4, 0.5) is 11.8 Å². The molecule has 1 fully saturated rings. The third kappa shape index (κ3) is 3.05. The molecule has 118 valence electrons. The van der Waals surface area contributed by atoms with Gasteiger partial charge in [0.1, 0.15) is 5.82 Å². The standard InChI is InChI=1S/C16H24N6/c1-12-9-17-21(10-12)11-14-6-5-7-22(14)16-18-13(2)8-15(19-16)20(3)4/h8-10,14H,5-7,11H2,1-4H3. The molecule has 1 aliphatic rings. The Kier molecular flexibility index (Phi) is 4.00. The molecule has 1 unspecified atom stereocenters. The first kappa shape index (κ1) is 14.8. The minimum atomic E-state index is 0.413. The zero-order valence-electron chi connectivity index (χ0n) is 13.8. The van der Waals surface area contributed by atoms with Crippen molar-refractivity contribution in [3.05, 3.63) is 29.7 Å². The number of aromatic nitrogens is 4. The predicted octanol–water partition coefficient (Wildman–Crippen LogP) is 2.02. The molecule has 2 aromatic rings. The molecule has 0 spiro atoms. The largest absolute Gasteiger partial charge is 0.363 e. The summed E-state index contributed by atoms with van der Waals surface area (Å²) >= 11 is 0. The van der Waals surface area contributed by atoms with E-state index in [0.717, 1.165) is 37.0 Å². The highest BCUT2D eigenvalue weighted by molar-refractivity contribution is 5.45. The molecule has 3 rings (SSSR count). The van der Waals surface area contributed by atoms with Gasteiger partial charge < -0.3 is 9.80 Å². The molecule has 1 saturated heterocycles. The van der Waals surface area contributed by atoms with Gasteiger partial charge in [-0.15, -0.1) is 0 Å². The Balaban J connectivity index is 1.83. The third-order valence-electron chi connectivity index (χ3n) is 4.08. The average molecular weight is 300 g/mol. The van der Waals surface area contributed by atoms with E-state index in [4.69, 9.17) is 4.98 Å². The number of hydrogen-bond acceptors (Lipinski definition) is 5. The molecule has 0 aliphatic carbocycles. The predicted molar refractivity (Wildman–Crippen MR) is 88.4 cm³/mol. The molecule has 0 amide bonds. The lowest BCUT2D eigenvalue weighted by atomic mass is 10.2.